The molecule has 0 amide bonds. The molecule has 1 aliphatic heterocycles. The van der Waals surface area contributed by atoms with Crippen LogP contribution >= 0.6 is 0 Å². The number of hydrogen-bond acceptors (Lipinski definition) is 0. The lowest BCUT2D eigenvalue weighted by molar-refractivity contribution is -0.492. The van der Waals surface area contributed by atoms with Crippen LogP contribution in [0.15, 0.2) is 12.2 Å². The second-order valence-electron chi connectivity index (χ2n) is 1.85. The van der Waals surface area contributed by atoms with Crippen molar-refractivity contribution < 1.29 is 4.58 Å². The van der Waals surface area contributed by atoms with Crippen LogP contribution in [0.25, 0.3) is 0 Å². The zero-order valence-corrected chi connectivity index (χ0v) is 4.59. The zero-order chi connectivity index (χ0) is 5.11. The molecule has 1 nitrogen and oxygen atoms in total. The van der Waals surface area contributed by atoms with Crippen LogP contribution in [0.4, 0.5) is 0 Å². The van der Waals surface area contributed by atoms with E-state index in [0.717, 1.165) is 0 Å². The Bertz CT molecular complexity index is 111. The molecule has 0 bridgehead atoms. The van der Waals surface area contributed by atoms with Crippen molar-refractivity contribution in [2.45, 2.75) is 6.42 Å². The molecule has 0 N–H and O–H groups in total. The largest absolute Gasteiger partial charge is 0.238 e. The fraction of sp³-hybridized carbons (Fsp3) is 0.500. The van der Waals surface area contributed by atoms with E-state index in [-0.39, 0.29) is 0 Å². The summed E-state index contributed by atoms with van der Waals surface area (Å²) in [5, 5.41) is 0. The van der Waals surface area contributed by atoms with Gasteiger partial charge in [0.25, 0.3) is 0 Å². The van der Waals surface area contributed by atoms with Crippen LogP contribution in [0.3, 0.4) is 0 Å². The highest BCUT2D eigenvalue weighted by Gasteiger charge is 1.94. The van der Waals surface area contributed by atoms with Gasteiger partial charge in [-0.15, -0.1) is 0 Å². The minimum Gasteiger partial charge on any atom is -0.238 e. The number of hydrogen-bond donors (Lipinski definition) is 0. The Kier molecular flexibility index (Phi) is 1.25. The predicted octanol–water partition coefficient (Wildman–Crippen LogP) is 0.659. The molecule has 0 unspecified atom stereocenters. The van der Waals surface area contributed by atoms with E-state index in [1.807, 2.05) is 0 Å². The van der Waals surface area contributed by atoms with Gasteiger partial charge in [-0.25, -0.2) is 4.58 Å². The van der Waals surface area contributed by atoms with Crippen molar-refractivity contribution in [2.75, 3.05) is 13.6 Å². The topological polar surface area (TPSA) is 3.01 Å². The summed E-state index contributed by atoms with van der Waals surface area (Å²) in [4.78, 5) is 0. The molecule has 0 atom stereocenters. The van der Waals surface area contributed by atoms with Crippen LogP contribution < -0.4 is 0 Å². The van der Waals surface area contributed by atoms with Gasteiger partial charge in [0.2, 0.25) is 0 Å². The van der Waals surface area contributed by atoms with Gasteiger partial charge in [0.1, 0.15) is 13.6 Å². The average molecular weight is 96.2 g/mol. The molecular formula is C6H10N+. The van der Waals surface area contributed by atoms with Crippen LogP contribution in [-0.4, -0.2) is 24.4 Å². The lowest BCUT2D eigenvalue weighted by Crippen LogP contribution is -2.09. The SMILES string of the molecule is C[N+]1=CC=CCC1. The van der Waals surface area contributed by atoms with Crippen molar-refractivity contribution in [3.63, 3.8) is 0 Å². The summed E-state index contributed by atoms with van der Waals surface area (Å²) >= 11 is 0. The predicted molar refractivity (Wildman–Crippen MR) is 30.9 cm³/mol. The molecule has 0 saturated carbocycles. The van der Waals surface area contributed by atoms with E-state index in [1.165, 1.54) is 13.0 Å². The van der Waals surface area contributed by atoms with E-state index >= 15 is 0 Å². The maximum Gasteiger partial charge on any atom is 0.162 e. The second-order valence-corrected chi connectivity index (χ2v) is 1.85. The molecule has 38 valence electrons. The summed E-state index contributed by atoms with van der Waals surface area (Å²) in [6.07, 6.45) is 7.56. The van der Waals surface area contributed by atoms with E-state index in [9.17, 15) is 0 Å². The number of nitrogens with zero attached hydrogens (tertiary/aromatic N) is 1. The number of allylic oxidation sites excluding steroid dienone is 1. The maximum atomic E-state index is 2.18. The molecule has 7 heavy (non-hydrogen) atoms. The van der Waals surface area contributed by atoms with Crippen LogP contribution in [0.5, 0.6) is 0 Å². The van der Waals surface area contributed by atoms with Gasteiger partial charge < -0.3 is 0 Å². The first-order chi connectivity index (χ1) is 3.39. The quantitative estimate of drug-likeness (QED) is 0.390. The van der Waals surface area contributed by atoms with Crippen LogP contribution in [0.2, 0.25) is 0 Å². The smallest absolute Gasteiger partial charge is 0.162 e. The first kappa shape index (κ1) is 4.57. The van der Waals surface area contributed by atoms with Crippen LogP contribution in [-0.2, 0) is 0 Å². The minimum atomic E-state index is 1.18. The zero-order valence-electron chi connectivity index (χ0n) is 4.59. The maximum absolute atomic E-state index is 2.18. The lowest BCUT2D eigenvalue weighted by Gasteiger charge is -1.94. The van der Waals surface area contributed by atoms with Crippen LogP contribution in [0, 0.1) is 0 Å². The molecule has 1 heterocycles. The molecule has 0 fully saturated rings. The first-order valence-corrected chi connectivity index (χ1v) is 2.60. The summed E-state index contributed by atoms with van der Waals surface area (Å²) in [7, 11) is 2.09. The minimum absolute atomic E-state index is 1.18. The third-order valence-electron chi connectivity index (χ3n) is 1.13. The summed E-state index contributed by atoms with van der Waals surface area (Å²) in [6, 6.07) is 0. The van der Waals surface area contributed by atoms with Crippen molar-refractivity contribution >= 4 is 6.21 Å². The van der Waals surface area contributed by atoms with Gasteiger partial charge in [0.05, 0.1) is 0 Å². The normalized spacial score (nSPS) is 19.3. The first-order valence-electron chi connectivity index (χ1n) is 2.60. The Labute approximate surface area is 44.0 Å². The summed E-state index contributed by atoms with van der Waals surface area (Å²) in [6.45, 7) is 1.18. The molecular weight excluding hydrogens is 86.1 g/mol. The van der Waals surface area contributed by atoms with Gasteiger partial charge in [-0.05, 0) is 6.08 Å². The third-order valence-corrected chi connectivity index (χ3v) is 1.13. The van der Waals surface area contributed by atoms with Crippen molar-refractivity contribution in [1.82, 2.24) is 0 Å². The standard InChI is InChI=1S/C6H10N/c1-7-5-3-2-4-6-7/h2-3,5H,4,6H2,1H3/q+1. The highest BCUT2D eigenvalue weighted by molar-refractivity contribution is 5.66. The Morgan fingerprint density at radius 3 is 2.71 bits per heavy atom. The average Bonchev–Trinajstić information content (AvgIpc) is 1.69. The summed E-state index contributed by atoms with van der Waals surface area (Å²) in [5.41, 5.74) is 0. The van der Waals surface area contributed by atoms with Crippen molar-refractivity contribution in [1.29, 1.82) is 0 Å². The van der Waals surface area contributed by atoms with Crippen molar-refractivity contribution in [2.24, 2.45) is 0 Å². The van der Waals surface area contributed by atoms with Gasteiger partial charge in [-0.1, -0.05) is 6.08 Å². The molecule has 1 heteroatoms. The van der Waals surface area contributed by atoms with E-state index in [2.05, 4.69) is 30.0 Å². The van der Waals surface area contributed by atoms with Crippen LogP contribution in [0.1, 0.15) is 6.42 Å². The molecule has 1 rings (SSSR count). The number of rotatable bonds is 0. The highest BCUT2D eigenvalue weighted by Crippen LogP contribution is 1.86. The fourth-order valence-electron chi connectivity index (χ4n) is 0.657. The highest BCUT2D eigenvalue weighted by atomic mass is 14.9. The molecule has 0 spiro atoms. The van der Waals surface area contributed by atoms with Gasteiger partial charge >= 0.3 is 0 Å². The third kappa shape index (κ3) is 1.15. The Hall–Kier alpha value is -0.590. The summed E-state index contributed by atoms with van der Waals surface area (Å²) < 4.78 is 2.18. The Morgan fingerprint density at radius 1 is 1.57 bits per heavy atom. The van der Waals surface area contributed by atoms with Crippen molar-refractivity contribution in [3.8, 4) is 0 Å². The monoisotopic (exact) mass is 96.1 g/mol. The van der Waals surface area contributed by atoms with Gasteiger partial charge in [0.15, 0.2) is 6.21 Å². The van der Waals surface area contributed by atoms with E-state index in [4.69, 9.17) is 0 Å². The molecule has 0 radical (unpaired) electrons. The Balaban J connectivity index is 2.57. The summed E-state index contributed by atoms with van der Waals surface area (Å²) in [5.74, 6) is 0. The fourth-order valence-corrected chi connectivity index (χ4v) is 0.657. The lowest BCUT2D eigenvalue weighted by atomic mass is 10.3. The van der Waals surface area contributed by atoms with Gasteiger partial charge in [-0.2, -0.15) is 0 Å². The molecule has 0 aromatic rings. The van der Waals surface area contributed by atoms with Gasteiger partial charge in [-0.3, -0.25) is 0 Å². The van der Waals surface area contributed by atoms with E-state index in [1.54, 1.807) is 0 Å². The van der Waals surface area contributed by atoms with Crippen molar-refractivity contribution in [3.05, 3.63) is 12.2 Å². The van der Waals surface area contributed by atoms with Gasteiger partial charge in [0, 0.05) is 6.42 Å². The second kappa shape index (κ2) is 1.92. The molecule has 1 aliphatic rings. The van der Waals surface area contributed by atoms with E-state index in [0.29, 0.717) is 0 Å². The Morgan fingerprint density at radius 2 is 2.43 bits per heavy atom. The molecule has 0 aromatic heterocycles. The molecule has 0 aromatic carbocycles. The van der Waals surface area contributed by atoms with E-state index < -0.39 is 0 Å². The molecule has 0 saturated heterocycles. The molecule has 0 aliphatic carbocycles.